The minimum absolute atomic E-state index is 0.488. The first-order chi connectivity index (χ1) is 3.69. The van der Waals surface area contributed by atoms with E-state index in [0.717, 1.165) is 0 Å². The van der Waals surface area contributed by atoms with Crippen LogP contribution < -0.4 is 0 Å². The maximum atomic E-state index is 5.51. The number of halogens is 1. The Balaban J connectivity index is 2.59. The second-order valence-electron chi connectivity index (χ2n) is 2.85. The molecule has 1 aliphatic carbocycles. The predicted octanol–water partition coefficient (Wildman–Crippen LogP) is 2.93. The summed E-state index contributed by atoms with van der Waals surface area (Å²) >= 11 is 5.51. The van der Waals surface area contributed by atoms with E-state index in [-0.39, 0.29) is 0 Å². The van der Waals surface area contributed by atoms with Gasteiger partial charge in [-0.1, -0.05) is 24.1 Å². The molecular weight excluding hydrogens is 120 g/mol. The molecule has 46 valence electrons. The van der Waals surface area contributed by atoms with E-state index >= 15 is 0 Å². The Bertz CT molecular complexity index is 120. The fourth-order valence-corrected chi connectivity index (χ4v) is 0.977. The molecule has 0 heterocycles. The minimum atomic E-state index is 0.488. The number of hydrogen-bond acceptors (Lipinski definition) is 0. The summed E-state index contributed by atoms with van der Waals surface area (Å²) in [6.45, 7) is 4.35. The van der Waals surface area contributed by atoms with Gasteiger partial charge >= 0.3 is 0 Å². The Kier molecular flexibility index (Phi) is 1.36. The van der Waals surface area contributed by atoms with Crippen LogP contribution in [0.5, 0.6) is 0 Å². The Labute approximate surface area is 55.5 Å². The molecular formula is C7H11Cl. The van der Waals surface area contributed by atoms with Crippen LogP contribution in [-0.2, 0) is 0 Å². The lowest BCUT2D eigenvalue weighted by Crippen LogP contribution is -1.91. The van der Waals surface area contributed by atoms with Crippen molar-refractivity contribution in [2.75, 3.05) is 0 Å². The van der Waals surface area contributed by atoms with Crippen LogP contribution in [0.1, 0.15) is 26.7 Å². The van der Waals surface area contributed by atoms with Gasteiger partial charge in [-0.05, 0) is 25.2 Å². The van der Waals surface area contributed by atoms with Crippen LogP contribution in [0.4, 0.5) is 0 Å². The third-order valence-corrected chi connectivity index (χ3v) is 2.44. The molecule has 1 fully saturated rings. The number of hydrogen-bond donors (Lipinski definition) is 0. The Morgan fingerprint density at radius 3 is 2.25 bits per heavy atom. The van der Waals surface area contributed by atoms with E-state index < -0.39 is 0 Å². The smallest absolute Gasteiger partial charge is 0.00371 e. The fourth-order valence-electron chi connectivity index (χ4n) is 0.714. The average Bonchev–Trinajstić information content (AvgIpc) is 2.47. The summed E-state index contributed by atoms with van der Waals surface area (Å²) in [5.41, 5.74) is 3.52. The van der Waals surface area contributed by atoms with E-state index in [1.54, 1.807) is 5.54 Å². The van der Waals surface area contributed by atoms with Crippen LogP contribution in [0.2, 0.25) is 0 Å². The number of rotatable bonds is 1. The van der Waals surface area contributed by atoms with E-state index in [9.17, 15) is 0 Å². The van der Waals surface area contributed by atoms with Gasteiger partial charge in [0.2, 0.25) is 0 Å². The van der Waals surface area contributed by atoms with Crippen molar-refractivity contribution < 1.29 is 0 Å². The van der Waals surface area contributed by atoms with Crippen LogP contribution in [0, 0.1) is 5.41 Å². The van der Waals surface area contributed by atoms with Gasteiger partial charge in [-0.25, -0.2) is 0 Å². The lowest BCUT2D eigenvalue weighted by Gasteiger charge is -2.04. The van der Waals surface area contributed by atoms with Crippen LogP contribution >= 0.6 is 11.6 Å². The van der Waals surface area contributed by atoms with Gasteiger partial charge < -0.3 is 0 Å². The topological polar surface area (TPSA) is 0 Å². The molecule has 0 aromatic carbocycles. The molecule has 0 unspecified atom stereocenters. The molecule has 0 spiro atoms. The normalized spacial score (nSPS) is 25.6. The van der Waals surface area contributed by atoms with Crippen LogP contribution in [-0.4, -0.2) is 0 Å². The molecule has 1 aliphatic rings. The Morgan fingerprint density at radius 1 is 1.62 bits per heavy atom. The maximum absolute atomic E-state index is 5.51. The quantitative estimate of drug-likeness (QED) is 0.512. The second-order valence-corrected chi connectivity index (χ2v) is 3.07. The summed E-state index contributed by atoms with van der Waals surface area (Å²) in [6.07, 6.45) is 2.64. The molecule has 0 nitrogen and oxygen atoms in total. The van der Waals surface area contributed by atoms with Gasteiger partial charge in [-0.2, -0.15) is 0 Å². The zero-order valence-corrected chi connectivity index (χ0v) is 6.13. The van der Waals surface area contributed by atoms with E-state index in [4.69, 9.17) is 11.6 Å². The lowest BCUT2D eigenvalue weighted by molar-refractivity contribution is 0.691. The first-order valence-electron chi connectivity index (χ1n) is 2.96. The summed E-state index contributed by atoms with van der Waals surface area (Å²) in [4.78, 5) is 0. The zero-order valence-electron chi connectivity index (χ0n) is 5.37. The lowest BCUT2D eigenvalue weighted by atomic mass is 10.0. The van der Waals surface area contributed by atoms with Gasteiger partial charge in [0.15, 0.2) is 0 Å². The summed E-state index contributed by atoms with van der Waals surface area (Å²) in [6, 6.07) is 0. The highest BCUT2D eigenvalue weighted by Crippen LogP contribution is 2.51. The van der Waals surface area contributed by atoms with E-state index in [0.29, 0.717) is 5.41 Å². The Hall–Kier alpha value is 0.0300. The fraction of sp³-hybridized carbons (Fsp3) is 0.714. The largest absolute Gasteiger partial charge is 0.0930 e. The van der Waals surface area contributed by atoms with E-state index in [2.05, 4.69) is 13.8 Å². The summed E-state index contributed by atoms with van der Waals surface area (Å²) in [5, 5.41) is 0. The van der Waals surface area contributed by atoms with Crippen LogP contribution in [0.3, 0.4) is 0 Å². The highest BCUT2D eigenvalue weighted by atomic mass is 35.5. The van der Waals surface area contributed by atoms with Crippen molar-refractivity contribution >= 4 is 11.6 Å². The molecule has 0 atom stereocenters. The highest BCUT2D eigenvalue weighted by molar-refractivity contribution is 6.25. The summed E-state index contributed by atoms with van der Waals surface area (Å²) < 4.78 is 0. The predicted molar refractivity (Wildman–Crippen MR) is 37.0 cm³/mol. The van der Waals surface area contributed by atoms with Crippen molar-refractivity contribution in [2.45, 2.75) is 26.7 Å². The molecule has 0 amide bonds. The van der Waals surface area contributed by atoms with Crippen molar-refractivity contribution in [3.8, 4) is 0 Å². The first kappa shape index (κ1) is 6.15. The molecule has 8 heavy (non-hydrogen) atoms. The summed E-state index contributed by atoms with van der Waals surface area (Å²) in [5.74, 6) is 0. The molecule has 0 aromatic rings. The third-order valence-electron chi connectivity index (χ3n) is 2.12. The van der Waals surface area contributed by atoms with Crippen molar-refractivity contribution in [1.29, 1.82) is 0 Å². The van der Waals surface area contributed by atoms with Gasteiger partial charge in [0, 0.05) is 5.54 Å². The molecule has 0 bridgehead atoms. The molecule has 1 saturated carbocycles. The minimum Gasteiger partial charge on any atom is -0.0930 e. The van der Waals surface area contributed by atoms with Gasteiger partial charge in [0.1, 0.15) is 0 Å². The highest BCUT2D eigenvalue weighted by Gasteiger charge is 2.38. The SMILES string of the molecule is C/C(=C\Cl)C1(C)CC1. The first-order valence-corrected chi connectivity index (χ1v) is 3.40. The Morgan fingerprint density at radius 2 is 2.12 bits per heavy atom. The standard InChI is InChI=1S/C7H11Cl/c1-6(5-8)7(2)3-4-7/h5H,3-4H2,1-2H3/b6-5+. The van der Waals surface area contributed by atoms with Crippen LogP contribution in [0.15, 0.2) is 11.1 Å². The molecule has 0 N–H and O–H groups in total. The molecule has 1 heteroatoms. The molecule has 0 aliphatic heterocycles. The molecule has 1 rings (SSSR count). The van der Waals surface area contributed by atoms with E-state index in [1.807, 2.05) is 0 Å². The van der Waals surface area contributed by atoms with Gasteiger partial charge in [-0.15, -0.1) is 0 Å². The second kappa shape index (κ2) is 1.77. The third kappa shape index (κ3) is 0.899. The van der Waals surface area contributed by atoms with Gasteiger partial charge in [0.25, 0.3) is 0 Å². The zero-order chi connectivity index (χ0) is 6.20. The molecule has 0 aromatic heterocycles. The molecule has 0 saturated heterocycles. The van der Waals surface area contributed by atoms with Gasteiger partial charge in [-0.3, -0.25) is 0 Å². The average molecular weight is 131 g/mol. The van der Waals surface area contributed by atoms with Crippen molar-refractivity contribution in [3.05, 3.63) is 11.1 Å². The maximum Gasteiger partial charge on any atom is 0.00371 e. The van der Waals surface area contributed by atoms with E-state index in [1.165, 1.54) is 18.4 Å². The molecule has 0 radical (unpaired) electrons. The van der Waals surface area contributed by atoms with Gasteiger partial charge in [0.05, 0.1) is 0 Å². The summed E-state index contributed by atoms with van der Waals surface area (Å²) in [7, 11) is 0. The van der Waals surface area contributed by atoms with Crippen molar-refractivity contribution in [2.24, 2.45) is 5.41 Å². The van der Waals surface area contributed by atoms with Crippen molar-refractivity contribution in [1.82, 2.24) is 0 Å². The number of allylic oxidation sites excluding steroid dienone is 1. The monoisotopic (exact) mass is 130 g/mol. The van der Waals surface area contributed by atoms with Crippen LogP contribution in [0.25, 0.3) is 0 Å². The van der Waals surface area contributed by atoms with Crippen molar-refractivity contribution in [3.63, 3.8) is 0 Å².